The molecule has 3 aromatic carbocycles. The van der Waals surface area contributed by atoms with E-state index in [1.807, 2.05) is 37.4 Å². The van der Waals surface area contributed by atoms with Crippen molar-refractivity contribution in [3.8, 4) is 11.5 Å². The Morgan fingerprint density at radius 3 is 2.25 bits per heavy atom. The monoisotopic (exact) mass is 592 g/mol. The van der Waals surface area contributed by atoms with Gasteiger partial charge >= 0.3 is 12.2 Å². The van der Waals surface area contributed by atoms with E-state index in [2.05, 4.69) is 0 Å². The van der Waals surface area contributed by atoms with Crippen LogP contribution in [0.2, 0.25) is 10.0 Å². The molecule has 0 radical (unpaired) electrons. The van der Waals surface area contributed by atoms with Gasteiger partial charge in [0.1, 0.15) is 12.2 Å². The molecule has 4 rings (SSSR count). The third-order valence-corrected chi connectivity index (χ3v) is 6.44. The number of anilines is 1. The number of rotatable bonds is 6. The van der Waals surface area contributed by atoms with Gasteiger partial charge < -0.3 is 9.47 Å². The Bertz CT molecular complexity index is 1550. The summed E-state index contributed by atoms with van der Waals surface area (Å²) in [6.07, 6.45) is -3.64. The highest BCUT2D eigenvalue weighted by Crippen LogP contribution is 2.39. The zero-order chi connectivity index (χ0) is 29.4. The summed E-state index contributed by atoms with van der Waals surface area (Å²) in [7, 11) is 1.38. The van der Waals surface area contributed by atoms with Crippen LogP contribution in [0, 0.1) is 13.8 Å². The number of carbonyl (C=O) groups is 3. The number of amides is 4. The van der Waals surface area contributed by atoms with E-state index in [1.54, 1.807) is 0 Å². The van der Waals surface area contributed by atoms with Crippen LogP contribution in [0.3, 0.4) is 0 Å². The topological polar surface area (TPSA) is 84.9 Å². The second-order valence-electron chi connectivity index (χ2n) is 8.94. The summed E-state index contributed by atoms with van der Waals surface area (Å²) in [5.41, 5.74) is 1.04. The Morgan fingerprint density at radius 2 is 1.62 bits per heavy atom. The maximum Gasteiger partial charge on any atom is 0.416 e. The van der Waals surface area contributed by atoms with E-state index in [9.17, 15) is 27.6 Å². The molecule has 0 bridgehead atoms. The fourth-order valence-electron chi connectivity index (χ4n) is 4.17. The minimum atomic E-state index is -4.77. The van der Waals surface area contributed by atoms with Crippen molar-refractivity contribution in [1.82, 2.24) is 5.32 Å². The second-order valence-corrected chi connectivity index (χ2v) is 9.75. The van der Waals surface area contributed by atoms with E-state index in [4.69, 9.17) is 32.7 Å². The van der Waals surface area contributed by atoms with Gasteiger partial charge in [0.15, 0.2) is 11.5 Å². The Morgan fingerprint density at radius 1 is 0.950 bits per heavy atom. The SMILES string of the molecule is COc1cc(/C=C2/C(=O)NC(=O)N(c3cc(C(F)(F)F)ccc3Cl)C2=O)cc(Cl)c1OCc1cc(C)cc(C)c1. The number of methoxy groups -OCH3 is 1. The quantitative estimate of drug-likeness (QED) is 0.249. The lowest BCUT2D eigenvalue weighted by atomic mass is 10.1. The number of hydrogen-bond donors (Lipinski definition) is 1. The summed E-state index contributed by atoms with van der Waals surface area (Å²) in [5, 5.41) is 1.75. The van der Waals surface area contributed by atoms with Crippen LogP contribution in [-0.2, 0) is 22.4 Å². The molecular weight excluding hydrogens is 572 g/mol. The van der Waals surface area contributed by atoms with Gasteiger partial charge in [0.05, 0.1) is 28.4 Å². The summed E-state index contributed by atoms with van der Waals surface area (Å²) >= 11 is 12.5. The van der Waals surface area contributed by atoms with Gasteiger partial charge in [-0.25, -0.2) is 9.69 Å². The molecule has 1 aliphatic rings. The van der Waals surface area contributed by atoms with Crippen LogP contribution < -0.4 is 19.7 Å². The highest BCUT2D eigenvalue weighted by Gasteiger charge is 2.39. The van der Waals surface area contributed by atoms with Gasteiger partial charge in [-0.3, -0.25) is 14.9 Å². The minimum Gasteiger partial charge on any atom is -0.493 e. The molecule has 3 aromatic rings. The molecule has 208 valence electrons. The molecule has 0 aromatic heterocycles. The Kier molecular flexibility index (Phi) is 8.13. The van der Waals surface area contributed by atoms with Crippen molar-refractivity contribution in [2.45, 2.75) is 26.6 Å². The number of aryl methyl sites for hydroxylation is 2. The molecule has 1 heterocycles. The first-order valence-electron chi connectivity index (χ1n) is 11.6. The smallest absolute Gasteiger partial charge is 0.416 e. The fraction of sp³-hybridized carbons (Fsp3) is 0.179. The highest BCUT2D eigenvalue weighted by molar-refractivity contribution is 6.42. The van der Waals surface area contributed by atoms with Gasteiger partial charge in [-0.15, -0.1) is 0 Å². The molecule has 0 spiro atoms. The van der Waals surface area contributed by atoms with Crippen molar-refractivity contribution < 1.29 is 37.0 Å². The molecule has 0 aliphatic carbocycles. The van der Waals surface area contributed by atoms with Crippen LogP contribution >= 0.6 is 23.2 Å². The van der Waals surface area contributed by atoms with Crippen molar-refractivity contribution in [3.05, 3.63) is 92.0 Å². The van der Waals surface area contributed by atoms with Crippen molar-refractivity contribution in [3.63, 3.8) is 0 Å². The highest BCUT2D eigenvalue weighted by atomic mass is 35.5. The van der Waals surface area contributed by atoms with E-state index in [0.29, 0.717) is 17.0 Å². The van der Waals surface area contributed by atoms with Gasteiger partial charge in [0, 0.05) is 0 Å². The van der Waals surface area contributed by atoms with Crippen LogP contribution in [-0.4, -0.2) is 25.0 Å². The molecule has 1 saturated heterocycles. The maximum atomic E-state index is 13.3. The summed E-state index contributed by atoms with van der Waals surface area (Å²) in [4.78, 5) is 38.7. The number of benzene rings is 3. The molecule has 1 aliphatic heterocycles. The lowest BCUT2D eigenvalue weighted by Crippen LogP contribution is -2.54. The molecule has 7 nitrogen and oxygen atoms in total. The Hall–Kier alpha value is -4.02. The fourth-order valence-corrected chi connectivity index (χ4v) is 4.65. The van der Waals surface area contributed by atoms with Crippen LogP contribution in [0.1, 0.15) is 27.8 Å². The molecule has 1 N–H and O–H groups in total. The number of urea groups is 1. The first-order chi connectivity index (χ1) is 18.8. The third-order valence-electron chi connectivity index (χ3n) is 5.84. The van der Waals surface area contributed by atoms with Crippen LogP contribution in [0.15, 0.2) is 54.1 Å². The average molecular weight is 593 g/mol. The molecule has 0 atom stereocenters. The molecular formula is C28H21Cl2F3N2O5. The van der Waals surface area contributed by atoms with E-state index in [0.717, 1.165) is 28.8 Å². The number of alkyl halides is 3. The summed E-state index contributed by atoms with van der Waals surface area (Å²) < 4.78 is 51.1. The first-order valence-corrected chi connectivity index (χ1v) is 12.4. The van der Waals surface area contributed by atoms with Gasteiger partial charge in [-0.05, 0) is 61.4 Å². The van der Waals surface area contributed by atoms with E-state index in [-0.39, 0.29) is 33.7 Å². The van der Waals surface area contributed by atoms with Crippen molar-refractivity contribution >= 4 is 52.8 Å². The first kappa shape index (κ1) is 29.0. The number of imide groups is 2. The summed E-state index contributed by atoms with van der Waals surface area (Å²) in [5.74, 6) is -1.82. The number of nitrogens with one attached hydrogen (secondary N) is 1. The molecule has 40 heavy (non-hydrogen) atoms. The number of carbonyl (C=O) groups excluding carboxylic acids is 3. The van der Waals surface area contributed by atoms with Crippen molar-refractivity contribution in [2.24, 2.45) is 0 Å². The Balaban J connectivity index is 1.68. The van der Waals surface area contributed by atoms with Gasteiger partial charge in [-0.2, -0.15) is 13.2 Å². The molecule has 4 amide bonds. The minimum absolute atomic E-state index is 0.105. The van der Waals surface area contributed by atoms with Crippen molar-refractivity contribution in [2.75, 3.05) is 12.0 Å². The number of nitrogens with zero attached hydrogens (tertiary/aromatic N) is 1. The average Bonchev–Trinajstić information content (AvgIpc) is 2.85. The third kappa shape index (κ3) is 6.08. The van der Waals surface area contributed by atoms with Crippen LogP contribution in [0.5, 0.6) is 11.5 Å². The van der Waals surface area contributed by atoms with Gasteiger partial charge in [0.25, 0.3) is 11.8 Å². The normalized spacial score (nSPS) is 14.9. The number of ether oxygens (including phenoxy) is 2. The maximum absolute atomic E-state index is 13.3. The Labute approximate surface area is 237 Å². The molecule has 1 fully saturated rings. The predicted octanol–water partition coefficient (Wildman–Crippen LogP) is 6.88. The summed E-state index contributed by atoms with van der Waals surface area (Å²) in [6.45, 7) is 4.12. The van der Waals surface area contributed by atoms with E-state index >= 15 is 0 Å². The van der Waals surface area contributed by atoms with Gasteiger partial charge in [0.2, 0.25) is 0 Å². The zero-order valence-electron chi connectivity index (χ0n) is 21.3. The summed E-state index contributed by atoms with van der Waals surface area (Å²) in [6, 6.07) is 9.72. The van der Waals surface area contributed by atoms with Crippen molar-refractivity contribution in [1.29, 1.82) is 0 Å². The number of hydrogen-bond acceptors (Lipinski definition) is 5. The zero-order valence-corrected chi connectivity index (χ0v) is 22.8. The standard InChI is InChI=1S/C28H21Cl2F3N2O5/c1-14-6-15(2)8-17(7-14)13-40-24-21(30)10-16(11-23(24)39-3)9-19-25(36)34-27(38)35(26(19)37)22-12-18(28(31,32)33)4-5-20(22)29/h4-12H,13H2,1-3H3,(H,34,36,38)/b19-9-. The lowest BCUT2D eigenvalue weighted by molar-refractivity contribution is -0.137. The van der Waals surface area contributed by atoms with Crippen LogP contribution in [0.25, 0.3) is 6.08 Å². The molecule has 0 saturated carbocycles. The van der Waals surface area contributed by atoms with Gasteiger partial charge in [-0.1, -0.05) is 52.5 Å². The van der Waals surface area contributed by atoms with Crippen LogP contribution in [0.4, 0.5) is 23.7 Å². The largest absolute Gasteiger partial charge is 0.493 e. The molecule has 12 heteroatoms. The lowest BCUT2D eigenvalue weighted by Gasteiger charge is -2.27. The van der Waals surface area contributed by atoms with E-state index < -0.39 is 40.8 Å². The predicted molar refractivity (Wildman–Crippen MR) is 144 cm³/mol. The number of halogens is 5. The number of barbiturate groups is 1. The molecule has 0 unspecified atom stereocenters. The van der Waals surface area contributed by atoms with E-state index in [1.165, 1.54) is 19.2 Å². The second kappa shape index (κ2) is 11.2.